The Morgan fingerprint density at radius 2 is 1.87 bits per heavy atom. The van der Waals surface area contributed by atoms with Gasteiger partial charge in [0.05, 0.1) is 6.61 Å². The van der Waals surface area contributed by atoms with E-state index in [0.29, 0.717) is 12.8 Å². The Morgan fingerprint density at radius 3 is 2.47 bits per heavy atom. The van der Waals surface area contributed by atoms with Crippen molar-refractivity contribution in [3.8, 4) is 0 Å². The van der Waals surface area contributed by atoms with Crippen molar-refractivity contribution in [3.05, 3.63) is 12.2 Å². The van der Waals surface area contributed by atoms with Crippen molar-refractivity contribution < 1.29 is 13.9 Å². The molecule has 1 aliphatic carbocycles. The lowest BCUT2D eigenvalue weighted by Crippen LogP contribution is -2.18. The lowest BCUT2D eigenvalue weighted by molar-refractivity contribution is 0.143. The Labute approximate surface area is 90.2 Å². The summed E-state index contributed by atoms with van der Waals surface area (Å²) in [6, 6.07) is 0. The molecule has 3 unspecified atom stereocenters. The topological polar surface area (TPSA) is 20.2 Å². The van der Waals surface area contributed by atoms with Gasteiger partial charge >= 0.3 is 0 Å². The highest BCUT2D eigenvalue weighted by atomic mass is 19.2. The summed E-state index contributed by atoms with van der Waals surface area (Å²) in [4.78, 5) is 0. The molecule has 88 valence electrons. The molecular weight excluding hydrogens is 198 g/mol. The molecule has 3 heteroatoms. The number of alkyl halides is 2. The van der Waals surface area contributed by atoms with Crippen LogP contribution in [0.3, 0.4) is 0 Å². The molecule has 0 heterocycles. The van der Waals surface area contributed by atoms with Gasteiger partial charge in [0.15, 0.2) is 0 Å². The van der Waals surface area contributed by atoms with Crippen molar-refractivity contribution in [1.82, 2.24) is 0 Å². The van der Waals surface area contributed by atoms with Crippen LogP contribution in [0.1, 0.15) is 32.6 Å². The molecule has 1 N–H and O–H groups in total. The monoisotopic (exact) mass is 218 g/mol. The fourth-order valence-corrected chi connectivity index (χ4v) is 2.40. The average Bonchev–Trinajstić information content (AvgIpc) is 2.26. The van der Waals surface area contributed by atoms with E-state index in [1.54, 1.807) is 0 Å². The first-order valence-corrected chi connectivity index (χ1v) is 5.58. The second-order valence-corrected chi connectivity index (χ2v) is 4.82. The second-order valence-electron chi connectivity index (χ2n) is 4.82. The molecule has 4 atom stereocenters. The van der Waals surface area contributed by atoms with Crippen LogP contribution in [0.15, 0.2) is 12.2 Å². The van der Waals surface area contributed by atoms with Gasteiger partial charge in [-0.15, -0.1) is 0 Å². The molecule has 1 saturated carbocycles. The Balaban J connectivity index is 2.53. The van der Waals surface area contributed by atoms with Crippen LogP contribution in [-0.4, -0.2) is 24.1 Å². The molecule has 0 radical (unpaired) electrons. The molecule has 0 amide bonds. The summed E-state index contributed by atoms with van der Waals surface area (Å²) >= 11 is 0. The summed E-state index contributed by atoms with van der Waals surface area (Å²) in [7, 11) is 0. The van der Waals surface area contributed by atoms with Gasteiger partial charge in [0.1, 0.15) is 12.3 Å². The van der Waals surface area contributed by atoms with E-state index in [1.807, 2.05) is 6.92 Å². The lowest BCUT2D eigenvalue weighted by atomic mass is 9.89. The number of aliphatic hydroxyl groups excluding tert-OH is 1. The Bertz CT molecular complexity index is 218. The van der Waals surface area contributed by atoms with Gasteiger partial charge < -0.3 is 5.11 Å². The Hall–Kier alpha value is -0.440. The third kappa shape index (κ3) is 3.90. The fraction of sp³-hybridized carbons (Fsp3) is 0.833. The maximum Gasteiger partial charge on any atom is 0.131 e. The zero-order valence-corrected chi connectivity index (χ0v) is 9.26. The predicted octanol–water partition coefficient (Wildman–Crippen LogP) is 3.04. The van der Waals surface area contributed by atoms with Crippen molar-refractivity contribution >= 4 is 0 Å². The molecule has 0 saturated heterocycles. The zero-order valence-electron chi connectivity index (χ0n) is 9.26. The van der Waals surface area contributed by atoms with E-state index in [4.69, 9.17) is 5.11 Å². The third-order valence-corrected chi connectivity index (χ3v) is 3.12. The van der Waals surface area contributed by atoms with Crippen molar-refractivity contribution in [2.75, 3.05) is 6.61 Å². The summed E-state index contributed by atoms with van der Waals surface area (Å²) < 4.78 is 26.6. The van der Waals surface area contributed by atoms with E-state index in [9.17, 15) is 8.78 Å². The van der Waals surface area contributed by atoms with Crippen molar-refractivity contribution in [2.45, 2.75) is 45.0 Å². The van der Waals surface area contributed by atoms with E-state index in [-0.39, 0.29) is 24.9 Å². The molecule has 1 rings (SSSR count). The highest BCUT2D eigenvalue weighted by molar-refractivity contribution is 4.97. The van der Waals surface area contributed by atoms with Crippen LogP contribution in [0.25, 0.3) is 0 Å². The highest BCUT2D eigenvalue weighted by Gasteiger charge is 2.31. The van der Waals surface area contributed by atoms with E-state index < -0.39 is 12.3 Å². The van der Waals surface area contributed by atoms with E-state index in [0.717, 1.165) is 12.0 Å². The van der Waals surface area contributed by atoms with Crippen LogP contribution in [0.2, 0.25) is 0 Å². The minimum atomic E-state index is -1.34. The van der Waals surface area contributed by atoms with Gasteiger partial charge in [0.25, 0.3) is 0 Å². The van der Waals surface area contributed by atoms with Crippen LogP contribution in [0, 0.1) is 11.8 Å². The normalized spacial score (nSPS) is 37.3. The largest absolute Gasteiger partial charge is 0.392 e. The molecule has 0 aromatic heterocycles. The minimum absolute atomic E-state index is 0.0547. The molecule has 0 spiro atoms. The summed E-state index contributed by atoms with van der Waals surface area (Å²) in [5.41, 5.74) is 0.719. The van der Waals surface area contributed by atoms with E-state index >= 15 is 0 Å². The van der Waals surface area contributed by atoms with Gasteiger partial charge in [-0.2, -0.15) is 0 Å². The standard InChI is InChI=1S/C12H20F2O/c1-8-3-10(4-9(2)7-15)6-12(14)11(13)5-8/h8,10-12,15H,2-7H2,1H3/t8?,10-,11?,12?/m0/s1. The lowest BCUT2D eigenvalue weighted by Gasteiger charge is -2.17. The molecular formula is C12H20F2O. The first-order chi connectivity index (χ1) is 7.02. The number of halogens is 2. The maximum absolute atomic E-state index is 13.3. The molecule has 0 aromatic rings. The van der Waals surface area contributed by atoms with Gasteiger partial charge in [0.2, 0.25) is 0 Å². The quantitative estimate of drug-likeness (QED) is 0.570. The fourth-order valence-electron chi connectivity index (χ4n) is 2.40. The number of aliphatic hydroxyl groups is 1. The van der Waals surface area contributed by atoms with Crippen LogP contribution in [-0.2, 0) is 0 Å². The zero-order chi connectivity index (χ0) is 11.4. The Morgan fingerprint density at radius 1 is 1.27 bits per heavy atom. The summed E-state index contributed by atoms with van der Waals surface area (Å²) in [6.07, 6.45) is -0.611. The maximum atomic E-state index is 13.3. The van der Waals surface area contributed by atoms with Gasteiger partial charge in [-0.05, 0) is 37.5 Å². The summed E-state index contributed by atoms with van der Waals surface area (Å²) in [5, 5.41) is 8.85. The molecule has 0 aliphatic heterocycles. The molecule has 1 fully saturated rings. The van der Waals surface area contributed by atoms with Crippen molar-refractivity contribution in [3.63, 3.8) is 0 Å². The predicted molar refractivity (Wildman–Crippen MR) is 57.1 cm³/mol. The average molecular weight is 218 g/mol. The van der Waals surface area contributed by atoms with E-state index in [2.05, 4.69) is 6.58 Å². The smallest absolute Gasteiger partial charge is 0.131 e. The molecule has 1 aliphatic rings. The molecule has 0 bridgehead atoms. The van der Waals surface area contributed by atoms with Gasteiger partial charge in [0, 0.05) is 0 Å². The first-order valence-electron chi connectivity index (χ1n) is 5.58. The van der Waals surface area contributed by atoms with Crippen LogP contribution >= 0.6 is 0 Å². The summed E-state index contributed by atoms with van der Waals surface area (Å²) in [6.45, 7) is 5.60. The molecule has 1 nitrogen and oxygen atoms in total. The van der Waals surface area contributed by atoms with Gasteiger partial charge in [-0.25, -0.2) is 8.78 Å². The second kappa shape index (κ2) is 5.59. The minimum Gasteiger partial charge on any atom is -0.392 e. The number of hydrogen-bond acceptors (Lipinski definition) is 1. The number of rotatable bonds is 3. The van der Waals surface area contributed by atoms with Crippen LogP contribution < -0.4 is 0 Å². The van der Waals surface area contributed by atoms with Crippen LogP contribution in [0.5, 0.6) is 0 Å². The van der Waals surface area contributed by atoms with Gasteiger partial charge in [-0.1, -0.05) is 19.1 Å². The SMILES string of the molecule is C=C(CO)C[C@@H]1CC(C)CC(F)C(F)C1. The van der Waals surface area contributed by atoms with Gasteiger partial charge in [-0.3, -0.25) is 0 Å². The Kier molecular flexibility index (Phi) is 4.71. The van der Waals surface area contributed by atoms with E-state index in [1.165, 1.54) is 0 Å². The molecule has 15 heavy (non-hydrogen) atoms. The first kappa shape index (κ1) is 12.6. The molecule has 0 aromatic carbocycles. The highest BCUT2D eigenvalue weighted by Crippen LogP contribution is 2.34. The van der Waals surface area contributed by atoms with Crippen LogP contribution in [0.4, 0.5) is 8.78 Å². The number of hydrogen-bond donors (Lipinski definition) is 1. The summed E-state index contributed by atoms with van der Waals surface area (Å²) in [5.74, 6) is 0.354. The van der Waals surface area contributed by atoms with Crippen molar-refractivity contribution in [2.24, 2.45) is 11.8 Å². The van der Waals surface area contributed by atoms with Crippen molar-refractivity contribution in [1.29, 1.82) is 0 Å². The third-order valence-electron chi connectivity index (χ3n) is 3.12.